The quantitative estimate of drug-likeness (QED) is 0.815. The van der Waals surface area contributed by atoms with E-state index in [4.69, 9.17) is 9.47 Å². The molecule has 1 aromatic carbocycles. The Bertz CT molecular complexity index is 683. The number of para-hydroxylation sites is 1. The molecule has 0 aliphatic rings. The third kappa shape index (κ3) is 2.76. The van der Waals surface area contributed by atoms with Crippen LogP contribution in [0, 0.1) is 0 Å². The fourth-order valence-electron chi connectivity index (χ4n) is 2.00. The largest absolute Gasteiger partial charge is 0.495 e. The van der Waals surface area contributed by atoms with Crippen molar-refractivity contribution in [1.82, 2.24) is 4.98 Å². The number of aromatic nitrogens is 1. The Hall–Kier alpha value is -2.31. The summed E-state index contributed by atoms with van der Waals surface area (Å²) in [4.78, 5) is 15.5. The highest BCUT2D eigenvalue weighted by molar-refractivity contribution is 6.00. The number of alkyl halides is 3. The Morgan fingerprint density at radius 3 is 2.62 bits per heavy atom. The average molecular weight is 299 g/mol. The Balaban J connectivity index is 2.72. The molecule has 21 heavy (non-hydrogen) atoms. The van der Waals surface area contributed by atoms with Crippen LogP contribution in [0.4, 0.5) is 13.2 Å². The minimum absolute atomic E-state index is 0.00817. The molecule has 112 valence electrons. The second-order valence-electron chi connectivity index (χ2n) is 4.13. The van der Waals surface area contributed by atoms with E-state index in [-0.39, 0.29) is 28.8 Å². The summed E-state index contributed by atoms with van der Waals surface area (Å²) in [5.74, 6) is -0.675. The predicted molar refractivity (Wildman–Crippen MR) is 69.3 cm³/mol. The summed E-state index contributed by atoms with van der Waals surface area (Å²) in [6.45, 7) is 1.77. The maximum absolute atomic E-state index is 13.0. The third-order valence-electron chi connectivity index (χ3n) is 2.85. The van der Waals surface area contributed by atoms with Gasteiger partial charge in [-0.25, -0.2) is 4.79 Å². The van der Waals surface area contributed by atoms with Gasteiger partial charge in [0, 0.05) is 11.6 Å². The van der Waals surface area contributed by atoms with Crippen molar-refractivity contribution in [3.63, 3.8) is 0 Å². The van der Waals surface area contributed by atoms with Crippen LogP contribution in [0.3, 0.4) is 0 Å². The number of hydrogen-bond acceptors (Lipinski definition) is 4. The zero-order chi connectivity index (χ0) is 15.6. The van der Waals surface area contributed by atoms with Crippen molar-refractivity contribution in [2.75, 3.05) is 13.7 Å². The van der Waals surface area contributed by atoms with Crippen LogP contribution < -0.4 is 4.74 Å². The van der Waals surface area contributed by atoms with Crippen LogP contribution in [0.5, 0.6) is 5.75 Å². The molecule has 4 nitrogen and oxygen atoms in total. The monoisotopic (exact) mass is 299 g/mol. The molecule has 0 spiro atoms. The molecule has 2 aromatic rings. The smallest absolute Gasteiger partial charge is 0.418 e. The van der Waals surface area contributed by atoms with Gasteiger partial charge >= 0.3 is 12.1 Å². The fraction of sp³-hybridized carbons (Fsp3) is 0.286. The molecule has 0 N–H and O–H groups in total. The number of ether oxygens (including phenoxy) is 2. The predicted octanol–water partition coefficient (Wildman–Crippen LogP) is 3.44. The van der Waals surface area contributed by atoms with Crippen LogP contribution in [0.15, 0.2) is 24.4 Å². The number of pyridine rings is 1. The molecule has 2 rings (SSSR count). The van der Waals surface area contributed by atoms with E-state index in [9.17, 15) is 18.0 Å². The van der Waals surface area contributed by atoms with Crippen molar-refractivity contribution in [1.29, 1.82) is 0 Å². The molecule has 0 aliphatic heterocycles. The second kappa shape index (κ2) is 5.59. The number of methoxy groups -OCH3 is 1. The minimum atomic E-state index is -4.54. The van der Waals surface area contributed by atoms with Crippen molar-refractivity contribution < 1.29 is 27.4 Å². The lowest BCUT2D eigenvalue weighted by molar-refractivity contribution is -0.136. The van der Waals surface area contributed by atoms with Crippen LogP contribution in [0.2, 0.25) is 0 Å². The summed E-state index contributed by atoms with van der Waals surface area (Å²) < 4.78 is 48.8. The van der Waals surface area contributed by atoms with E-state index in [1.807, 2.05) is 0 Å². The molecule has 0 saturated carbocycles. The standard InChI is InChI=1S/C14H12F3NO3/c1-3-21-13(19)9-7-18-11-8(12(9)20-2)5-4-6-10(11)14(15,16)17/h4-7H,3H2,1-2H3. The van der Waals surface area contributed by atoms with Crippen LogP contribution in [0.25, 0.3) is 10.9 Å². The number of fused-ring (bicyclic) bond motifs is 1. The molecular formula is C14H12F3NO3. The SMILES string of the molecule is CCOC(=O)c1cnc2c(C(F)(F)F)cccc2c1OC. The normalized spacial score (nSPS) is 11.5. The van der Waals surface area contributed by atoms with Gasteiger partial charge in [0.15, 0.2) is 0 Å². The van der Waals surface area contributed by atoms with Crippen LogP contribution >= 0.6 is 0 Å². The van der Waals surface area contributed by atoms with Gasteiger partial charge in [0.1, 0.15) is 11.3 Å². The average Bonchev–Trinajstić information content (AvgIpc) is 2.44. The van der Waals surface area contributed by atoms with Gasteiger partial charge in [0.2, 0.25) is 0 Å². The molecular weight excluding hydrogens is 287 g/mol. The maximum Gasteiger partial charge on any atom is 0.418 e. The Morgan fingerprint density at radius 2 is 2.05 bits per heavy atom. The van der Waals surface area contributed by atoms with E-state index in [0.29, 0.717) is 0 Å². The number of esters is 1. The van der Waals surface area contributed by atoms with Gasteiger partial charge in [-0.15, -0.1) is 0 Å². The van der Waals surface area contributed by atoms with E-state index >= 15 is 0 Å². The fourth-order valence-corrected chi connectivity index (χ4v) is 2.00. The number of carbonyl (C=O) groups is 1. The van der Waals surface area contributed by atoms with E-state index in [1.54, 1.807) is 6.92 Å². The molecule has 1 heterocycles. The van der Waals surface area contributed by atoms with Crippen molar-refractivity contribution in [3.05, 3.63) is 35.5 Å². The first-order valence-electron chi connectivity index (χ1n) is 6.10. The number of rotatable bonds is 3. The number of benzene rings is 1. The van der Waals surface area contributed by atoms with E-state index in [0.717, 1.165) is 12.3 Å². The zero-order valence-electron chi connectivity index (χ0n) is 11.3. The lowest BCUT2D eigenvalue weighted by Gasteiger charge is -2.14. The topological polar surface area (TPSA) is 48.4 Å². The number of carbonyl (C=O) groups excluding carboxylic acids is 1. The molecule has 0 aliphatic carbocycles. The summed E-state index contributed by atoms with van der Waals surface area (Å²) >= 11 is 0. The summed E-state index contributed by atoms with van der Waals surface area (Å²) in [7, 11) is 1.28. The Morgan fingerprint density at radius 1 is 1.33 bits per heavy atom. The van der Waals surface area contributed by atoms with Gasteiger partial charge in [0.05, 0.1) is 24.8 Å². The molecule has 0 amide bonds. The lowest BCUT2D eigenvalue weighted by Crippen LogP contribution is -2.10. The minimum Gasteiger partial charge on any atom is -0.495 e. The summed E-state index contributed by atoms with van der Waals surface area (Å²) in [5.41, 5.74) is -1.16. The zero-order valence-corrected chi connectivity index (χ0v) is 11.3. The highest BCUT2D eigenvalue weighted by Crippen LogP contribution is 2.37. The molecule has 7 heteroatoms. The maximum atomic E-state index is 13.0. The highest BCUT2D eigenvalue weighted by atomic mass is 19.4. The van der Waals surface area contributed by atoms with Gasteiger partial charge in [0.25, 0.3) is 0 Å². The van der Waals surface area contributed by atoms with Crippen molar-refractivity contribution in [2.45, 2.75) is 13.1 Å². The van der Waals surface area contributed by atoms with E-state index in [2.05, 4.69) is 4.98 Å². The first-order valence-corrected chi connectivity index (χ1v) is 6.10. The summed E-state index contributed by atoms with van der Waals surface area (Å²) in [6.07, 6.45) is -3.50. The molecule has 0 unspecified atom stereocenters. The Labute approximate surface area is 118 Å². The molecule has 0 radical (unpaired) electrons. The third-order valence-corrected chi connectivity index (χ3v) is 2.85. The first-order chi connectivity index (χ1) is 9.90. The first kappa shape index (κ1) is 15.1. The molecule has 0 bridgehead atoms. The van der Waals surface area contributed by atoms with Crippen LogP contribution in [-0.4, -0.2) is 24.7 Å². The van der Waals surface area contributed by atoms with Gasteiger partial charge < -0.3 is 9.47 Å². The Kier molecular flexibility index (Phi) is 4.02. The van der Waals surface area contributed by atoms with E-state index < -0.39 is 17.7 Å². The summed E-state index contributed by atoms with van der Waals surface area (Å²) in [6, 6.07) is 3.59. The molecule has 0 fully saturated rings. The second-order valence-corrected chi connectivity index (χ2v) is 4.13. The van der Waals surface area contributed by atoms with Gasteiger partial charge in [-0.05, 0) is 19.1 Å². The lowest BCUT2D eigenvalue weighted by atomic mass is 10.1. The van der Waals surface area contributed by atoms with E-state index in [1.165, 1.54) is 19.2 Å². The van der Waals surface area contributed by atoms with Crippen molar-refractivity contribution in [3.8, 4) is 5.75 Å². The number of halogens is 3. The van der Waals surface area contributed by atoms with Gasteiger partial charge in [-0.1, -0.05) is 6.07 Å². The molecule has 0 saturated heterocycles. The summed E-state index contributed by atoms with van der Waals surface area (Å²) in [5, 5.41) is 0.109. The van der Waals surface area contributed by atoms with Crippen molar-refractivity contribution >= 4 is 16.9 Å². The molecule has 0 atom stereocenters. The van der Waals surface area contributed by atoms with Crippen LogP contribution in [-0.2, 0) is 10.9 Å². The van der Waals surface area contributed by atoms with Crippen LogP contribution in [0.1, 0.15) is 22.8 Å². The molecule has 1 aromatic heterocycles. The van der Waals surface area contributed by atoms with Crippen molar-refractivity contribution in [2.24, 2.45) is 0 Å². The number of nitrogens with zero attached hydrogens (tertiary/aromatic N) is 1. The van der Waals surface area contributed by atoms with Gasteiger partial charge in [-0.2, -0.15) is 13.2 Å². The number of hydrogen-bond donors (Lipinski definition) is 0. The van der Waals surface area contributed by atoms with Gasteiger partial charge in [-0.3, -0.25) is 4.98 Å². The highest BCUT2D eigenvalue weighted by Gasteiger charge is 2.34.